The van der Waals surface area contributed by atoms with Crippen LogP contribution in [0.5, 0.6) is 5.88 Å². The molecule has 0 radical (unpaired) electrons. The summed E-state index contributed by atoms with van der Waals surface area (Å²) in [6.45, 7) is 11.7. The molecule has 6 nitrogen and oxygen atoms in total. The molecular formula is C28H29FN4O2. The first-order valence-corrected chi connectivity index (χ1v) is 11.6. The largest absolute Gasteiger partial charge is 0.472 e. The van der Waals surface area contributed by atoms with E-state index >= 15 is 0 Å². The average Bonchev–Trinajstić information content (AvgIpc) is 2.83. The van der Waals surface area contributed by atoms with Crippen LogP contribution in [0.15, 0.2) is 53.5 Å². The van der Waals surface area contributed by atoms with Crippen molar-refractivity contribution < 1.29 is 9.13 Å². The lowest BCUT2D eigenvalue weighted by molar-refractivity contribution is 0.289. The maximum Gasteiger partial charge on any atom is 0.264 e. The first kappa shape index (κ1) is 24.3. The van der Waals surface area contributed by atoms with E-state index in [0.717, 1.165) is 39.5 Å². The Kier molecular flexibility index (Phi) is 6.78. The van der Waals surface area contributed by atoms with Crippen LogP contribution in [0.3, 0.4) is 0 Å². The van der Waals surface area contributed by atoms with Gasteiger partial charge in [-0.1, -0.05) is 38.1 Å². The van der Waals surface area contributed by atoms with Gasteiger partial charge >= 0.3 is 0 Å². The van der Waals surface area contributed by atoms with E-state index in [1.807, 2.05) is 38.2 Å². The Hall–Kier alpha value is -3.87. The molecule has 0 N–H and O–H groups in total. The molecule has 0 spiro atoms. The number of benzene rings is 2. The molecule has 2 heterocycles. The third-order valence-electron chi connectivity index (χ3n) is 5.95. The van der Waals surface area contributed by atoms with Gasteiger partial charge in [0, 0.05) is 17.7 Å². The van der Waals surface area contributed by atoms with Gasteiger partial charge in [0.15, 0.2) is 0 Å². The fourth-order valence-corrected chi connectivity index (χ4v) is 3.87. The van der Waals surface area contributed by atoms with Crippen LogP contribution in [0.4, 0.5) is 4.39 Å². The van der Waals surface area contributed by atoms with Gasteiger partial charge in [-0.2, -0.15) is 4.98 Å². The zero-order valence-corrected chi connectivity index (χ0v) is 20.9. The van der Waals surface area contributed by atoms with E-state index in [-0.39, 0.29) is 29.8 Å². The van der Waals surface area contributed by atoms with E-state index < -0.39 is 0 Å². The molecule has 7 heteroatoms. The predicted octanol–water partition coefficient (Wildman–Crippen LogP) is 5.76. The first-order chi connectivity index (χ1) is 16.7. The molecule has 0 atom stereocenters. The summed E-state index contributed by atoms with van der Waals surface area (Å²) in [4.78, 5) is 27.3. The van der Waals surface area contributed by atoms with E-state index in [1.165, 1.54) is 12.1 Å². The van der Waals surface area contributed by atoms with Crippen molar-refractivity contribution in [3.8, 4) is 22.8 Å². The van der Waals surface area contributed by atoms with Crippen molar-refractivity contribution >= 4 is 0 Å². The number of hydrogen-bond donors (Lipinski definition) is 0. The minimum atomic E-state index is -0.309. The molecule has 0 aliphatic heterocycles. The molecule has 180 valence electrons. The van der Waals surface area contributed by atoms with Crippen LogP contribution in [0.25, 0.3) is 16.9 Å². The summed E-state index contributed by atoms with van der Waals surface area (Å²) in [5.74, 6) is 1.46. The third kappa shape index (κ3) is 4.99. The predicted molar refractivity (Wildman–Crippen MR) is 135 cm³/mol. The Morgan fingerprint density at radius 2 is 1.69 bits per heavy atom. The van der Waals surface area contributed by atoms with Crippen molar-refractivity contribution in [1.82, 2.24) is 19.5 Å². The molecule has 0 saturated carbocycles. The number of ether oxygens (including phenoxy) is 1. The van der Waals surface area contributed by atoms with E-state index in [9.17, 15) is 9.18 Å². The zero-order valence-electron chi connectivity index (χ0n) is 20.9. The van der Waals surface area contributed by atoms with Crippen LogP contribution >= 0.6 is 0 Å². The van der Waals surface area contributed by atoms with E-state index in [4.69, 9.17) is 9.72 Å². The summed E-state index contributed by atoms with van der Waals surface area (Å²) < 4.78 is 20.6. The Morgan fingerprint density at radius 3 is 2.37 bits per heavy atom. The minimum absolute atomic E-state index is 0.191. The molecule has 0 saturated heterocycles. The lowest BCUT2D eigenvalue weighted by Crippen LogP contribution is -2.26. The lowest BCUT2D eigenvalue weighted by atomic mass is 10.0. The zero-order chi connectivity index (χ0) is 25.3. The molecule has 4 rings (SSSR count). The van der Waals surface area contributed by atoms with Crippen molar-refractivity contribution in [2.45, 2.75) is 54.1 Å². The van der Waals surface area contributed by atoms with E-state index in [0.29, 0.717) is 11.4 Å². The van der Waals surface area contributed by atoms with Crippen LogP contribution in [0.2, 0.25) is 0 Å². The summed E-state index contributed by atoms with van der Waals surface area (Å²) >= 11 is 0. The monoisotopic (exact) mass is 472 g/mol. The third-order valence-corrected chi connectivity index (χ3v) is 5.95. The summed E-state index contributed by atoms with van der Waals surface area (Å²) in [6.07, 6.45) is 1.84. The number of halogens is 1. The number of nitrogens with zero attached hydrogens (tertiary/aromatic N) is 4. The van der Waals surface area contributed by atoms with Crippen LogP contribution in [-0.4, -0.2) is 19.5 Å². The second-order valence-corrected chi connectivity index (χ2v) is 9.06. The molecule has 0 fully saturated rings. The van der Waals surface area contributed by atoms with Crippen molar-refractivity contribution in [3.63, 3.8) is 0 Å². The van der Waals surface area contributed by atoms with Crippen LogP contribution in [0.1, 0.15) is 53.7 Å². The van der Waals surface area contributed by atoms with E-state index in [2.05, 4.69) is 23.8 Å². The van der Waals surface area contributed by atoms with Gasteiger partial charge in [0.2, 0.25) is 5.88 Å². The van der Waals surface area contributed by atoms with Crippen molar-refractivity contribution in [2.24, 2.45) is 0 Å². The minimum Gasteiger partial charge on any atom is -0.472 e. The fourth-order valence-electron chi connectivity index (χ4n) is 3.87. The van der Waals surface area contributed by atoms with Gasteiger partial charge in [-0.3, -0.25) is 9.36 Å². The van der Waals surface area contributed by atoms with Crippen LogP contribution in [0, 0.1) is 33.5 Å². The smallest absolute Gasteiger partial charge is 0.264 e. The maximum atomic E-state index is 13.4. The number of aromatic nitrogens is 4. The first-order valence-electron chi connectivity index (χ1n) is 11.6. The highest BCUT2D eigenvalue weighted by Gasteiger charge is 2.17. The number of hydrogen-bond acceptors (Lipinski definition) is 5. The second-order valence-electron chi connectivity index (χ2n) is 9.06. The highest BCUT2D eigenvalue weighted by atomic mass is 19.1. The van der Waals surface area contributed by atoms with Gasteiger partial charge in [-0.25, -0.2) is 14.4 Å². The Morgan fingerprint density at radius 1 is 0.971 bits per heavy atom. The summed E-state index contributed by atoms with van der Waals surface area (Å²) in [7, 11) is 0. The Labute approximate surface area is 204 Å². The average molecular weight is 473 g/mol. The molecule has 0 aliphatic carbocycles. The SMILES string of the molecule is Cc1ccc(-c2nc(C(C)C)ncc2C)cc1-n1c(C)nc(OCc2ccc(F)cc2)c(C)c1=O. The Bertz CT molecular complexity index is 1440. The summed E-state index contributed by atoms with van der Waals surface area (Å²) in [5.41, 5.74) is 5.40. The van der Waals surface area contributed by atoms with Crippen molar-refractivity contribution in [2.75, 3.05) is 0 Å². The van der Waals surface area contributed by atoms with Gasteiger partial charge in [-0.15, -0.1) is 0 Å². The maximum absolute atomic E-state index is 13.4. The standard InChI is InChI=1S/C28H29FN4O2/c1-16(2)26-30-14-18(4)25(32-26)22-10-7-17(3)24(13-22)33-20(6)31-27(19(5)28(33)34)35-15-21-8-11-23(29)12-9-21/h7-14,16H,15H2,1-6H3. The van der Waals surface area contributed by atoms with Gasteiger partial charge in [0.25, 0.3) is 5.56 Å². The van der Waals surface area contributed by atoms with Crippen molar-refractivity contribution in [3.05, 3.63) is 98.7 Å². The van der Waals surface area contributed by atoms with E-state index in [1.54, 1.807) is 30.5 Å². The second kappa shape index (κ2) is 9.78. The number of aryl methyl sites for hydroxylation is 3. The quantitative estimate of drug-likeness (QED) is 0.357. The molecule has 0 amide bonds. The van der Waals surface area contributed by atoms with Crippen LogP contribution in [-0.2, 0) is 6.61 Å². The van der Waals surface area contributed by atoms with Gasteiger partial charge in [0.05, 0.1) is 16.9 Å². The molecule has 4 aromatic rings. The molecular weight excluding hydrogens is 443 g/mol. The number of rotatable bonds is 6. The molecule has 0 unspecified atom stereocenters. The highest BCUT2D eigenvalue weighted by Crippen LogP contribution is 2.27. The molecule has 0 aliphatic rings. The molecule has 2 aromatic heterocycles. The molecule has 2 aromatic carbocycles. The fraction of sp³-hybridized carbons (Fsp3) is 0.286. The molecule has 35 heavy (non-hydrogen) atoms. The topological polar surface area (TPSA) is 69.9 Å². The summed E-state index contributed by atoms with van der Waals surface area (Å²) in [5, 5.41) is 0. The normalized spacial score (nSPS) is 11.2. The van der Waals surface area contributed by atoms with Crippen molar-refractivity contribution in [1.29, 1.82) is 0 Å². The lowest BCUT2D eigenvalue weighted by Gasteiger charge is -2.17. The highest BCUT2D eigenvalue weighted by molar-refractivity contribution is 5.66. The molecule has 0 bridgehead atoms. The summed E-state index contributed by atoms with van der Waals surface area (Å²) in [6, 6.07) is 12.0. The van der Waals surface area contributed by atoms with Crippen LogP contribution < -0.4 is 10.3 Å². The van der Waals surface area contributed by atoms with Gasteiger partial charge in [0.1, 0.15) is 24.1 Å². The van der Waals surface area contributed by atoms with Gasteiger partial charge in [-0.05, 0) is 62.6 Å². The Balaban J connectivity index is 1.74. The van der Waals surface area contributed by atoms with Gasteiger partial charge < -0.3 is 4.74 Å².